The van der Waals surface area contributed by atoms with Crippen LogP contribution in [-0.2, 0) is 14.3 Å². The third kappa shape index (κ3) is 13.2. The summed E-state index contributed by atoms with van der Waals surface area (Å²) in [6.45, 7) is 26.5. The molecule has 8 heteroatoms. The fraction of sp³-hybridized carbons (Fsp3) is 0.920. The van der Waals surface area contributed by atoms with Crippen LogP contribution in [0.25, 0.3) is 0 Å². The number of hydrogen-bond acceptors (Lipinski definition) is 6. The fourth-order valence-electron chi connectivity index (χ4n) is 3.99. The molecule has 1 fully saturated rings. The Hall–Kier alpha value is -1.38. The van der Waals surface area contributed by atoms with Gasteiger partial charge in [-0.2, -0.15) is 0 Å². The van der Waals surface area contributed by atoms with Crippen molar-refractivity contribution < 1.29 is 19.1 Å². The lowest BCUT2D eigenvalue weighted by molar-refractivity contribution is -0.130. The summed E-state index contributed by atoms with van der Waals surface area (Å²) in [4.78, 5) is 29.5. The van der Waals surface area contributed by atoms with Gasteiger partial charge in [-0.1, -0.05) is 20.8 Å². The van der Waals surface area contributed by atoms with Crippen LogP contribution < -0.4 is 10.6 Å². The van der Waals surface area contributed by atoms with E-state index in [4.69, 9.17) is 9.47 Å². The normalized spacial score (nSPS) is 17.0. The van der Waals surface area contributed by atoms with Crippen molar-refractivity contribution >= 4 is 12.0 Å². The molecule has 0 aromatic carbocycles. The second kappa shape index (κ2) is 11.8. The molecule has 2 amide bonds. The molecule has 33 heavy (non-hydrogen) atoms. The summed E-state index contributed by atoms with van der Waals surface area (Å²) in [6, 6.07) is 0. The number of piperazine rings is 1. The van der Waals surface area contributed by atoms with E-state index in [9.17, 15) is 9.59 Å². The summed E-state index contributed by atoms with van der Waals surface area (Å²) in [5.41, 5.74) is -1.53. The van der Waals surface area contributed by atoms with E-state index in [1.54, 1.807) is 0 Å². The molecule has 0 aliphatic carbocycles. The van der Waals surface area contributed by atoms with Crippen LogP contribution in [0.3, 0.4) is 0 Å². The number of nitrogens with one attached hydrogen (secondary N) is 2. The van der Waals surface area contributed by atoms with Crippen LogP contribution >= 0.6 is 0 Å². The van der Waals surface area contributed by atoms with E-state index in [-0.39, 0.29) is 11.5 Å². The Morgan fingerprint density at radius 2 is 1.18 bits per heavy atom. The minimum absolute atomic E-state index is 0.00676. The van der Waals surface area contributed by atoms with Crippen LogP contribution in [0.1, 0.15) is 75.7 Å². The van der Waals surface area contributed by atoms with Crippen molar-refractivity contribution in [3.63, 3.8) is 0 Å². The van der Waals surface area contributed by atoms with Gasteiger partial charge in [0.15, 0.2) is 0 Å². The van der Waals surface area contributed by atoms with Crippen molar-refractivity contribution in [3.8, 4) is 0 Å². The van der Waals surface area contributed by atoms with Crippen LogP contribution in [0, 0.1) is 5.41 Å². The number of hydrogen-bond donors (Lipinski definition) is 2. The molecular formula is C25H50N4O4. The second-order valence-electron chi connectivity index (χ2n) is 12.6. The minimum atomic E-state index is -0.521. The van der Waals surface area contributed by atoms with Gasteiger partial charge < -0.3 is 20.1 Å². The number of alkyl carbamates (subject to hydrolysis) is 1. The van der Waals surface area contributed by atoms with E-state index in [0.29, 0.717) is 13.0 Å². The van der Waals surface area contributed by atoms with E-state index in [0.717, 1.165) is 45.9 Å². The Morgan fingerprint density at radius 3 is 1.64 bits per heavy atom. The molecule has 1 rings (SSSR count). The van der Waals surface area contributed by atoms with Gasteiger partial charge in [0.05, 0.1) is 12.2 Å². The number of carbonyl (C=O) groups excluding carboxylic acids is 2. The van der Waals surface area contributed by atoms with Gasteiger partial charge in [-0.25, -0.2) is 4.79 Å². The summed E-state index contributed by atoms with van der Waals surface area (Å²) < 4.78 is 11.3. The van der Waals surface area contributed by atoms with Crippen LogP contribution in [0.4, 0.5) is 4.79 Å². The van der Waals surface area contributed by atoms with Gasteiger partial charge >= 0.3 is 6.09 Å². The zero-order chi connectivity index (χ0) is 25.5. The zero-order valence-electron chi connectivity index (χ0n) is 22.9. The molecule has 2 N–H and O–H groups in total. The monoisotopic (exact) mass is 470 g/mol. The predicted octanol–water partition coefficient (Wildman–Crippen LogP) is 3.25. The van der Waals surface area contributed by atoms with Gasteiger partial charge in [0.1, 0.15) is 6.61 Å². The molecule has 0 unspecified atom stereocenters. The molecule has 1 aliphatic rings. The first-order valence-corrected chi connectivity index (χ1v) is 12.2. The molecule has 0 aromatic heterocycles. The molecular weight excluding hydrogens is 420 g/mol. The summed E-state index contributed by atoms with van der Waals surface area (Å²) in [5, 5.41) is 6.04. The maximum absolute atomic E-state index is 12.4. The second-order valence-corrected chi connectivity index (χ2v) is 12.6. The quantitative estimate of drug-likeness (QED) is 0.510. The predicted molar refractivity (Wildman–Crippen MR) is 133 cm³/mol. The number of amides is 2. The van der Waals surface area contributed by atoms with E-state index in [2.05, 4.69) is 41.2 Å². The molecule has 0 aromatic rings. The van der Waals surface area contributed by atoms with Gasteiger partial charge in [-0.05, 0) is 54.9 Å². The summed E-state index contributed by atoms with van der Waals surface area (Å²) in [5.74, 6) is -0.00676. The smallest absolute Gasteiger partial charge is 0.407 e. The SMILES string of the molecule is CC(C)(CC(C)(C)NC(=O)C(C)(C)C)NC(=O)OCCN1CCN(CCOC(C)(C)C)CC1. The Labute approximate surface area is 202 Å². The maximum Gasteiger partial charge on any atom is 0.407 e. The van der Waals surface area contributed by atoms with Crippen LogP contribution in [-0.4, -0.2) is 91.0 Å². The molecule has 1 saturated heterocycles. The molecule has 0 atom stereocenters. The highest BCUT2D eigenvalue weighted by molar-refractivity contribution is 5.82. The molecule has 8 nitrogen and oxygen atoms in total. The Morgan fingerprint density at radius 1 is 0.727 bits per heavy atom. The van der Waals surface area contributed by atoms with Crippen LogP contribution in [0.15, 0.2) is 0 Å². The average molecular weight is 471 g/mol. The van der Waals surface area contributed by atoms with E-state index < -0.39 is 22.6 Å². The van der Waals surface area contributed by atoms with Crippen LogP contribution in [0.5, 0.6) is 0 Å². The van der Waals surface area contributed by atoms with Gasteiger partial charge in [-0.15, -0.1) is 0 Å². The summed E-state index contributed by atoms with van der Waals surface area (Å²) in [7, 11) is 0. The van der Waals surface area contributed by atoms with E-state index in [1.165, 1.54) is 0 Å². The highest BCUT2D eigenvalue weighted by Crippen LogP contribution is 2.23. The standard InChI is InChI=1S/C25H50N4O4/c1-22(2,3)20(30)26-24(7,8)19-25(9,10)27-21(31)32-17-15-28-11-13-29(14-12-28)16-18-33-23(4,5)6/h11-19H2,1-10H3,(H,26,30)(H,27,31). The van der Waals surface area contributed by atoms with E-state index >= 15 is 0 Å². The first-order chi connectivity index (χ1) is 14.9. The number of rotatable bonds is 10. The molecule has 0 saturated carbocycles. The van der Waals surface area contributed by atoms with Crippen LogP contribution in [0.2, 0.25) is 0 Å². The van der Waals surface area contributed by atoms with Crippen molar-refractivity contribution in [3.05, 3.63) is 0 Å². The highest BCUT2D eigenvalue weighted by atomic mass is 16.5. The molecule has 1 aliphatic heterocycles. The lowest BCUT2D eigenvalue weighted by atomic mass is 9.85. The molecule has 0 bridgehead atoms. The number of ether oxygens (including phenoxy) is 2. The minimum Gasteiger partial charge on any atom is -0.448 e. The fourth-order valence-corrected chi connectivity index (χ4v) is 3.99. The summed E-state index contributed by atoms with van der Waals surface area (Å²) >= 11 is 0. The topological polar surface area (TPSA) is 83.1 Å². The summed E-state index contributed by atoms with van der Waals surface area (Å²) in [6.07, 6.45) is 0.161. The van der Waals surface area contributed by atoms with Crippen molar-refractivity contribution in [2.45, 2.75) is 92.3 Å². The first kappa shape index (κ1) is 29.7. The number of nitrogens with zero attached hydrogens (tertiary/aromatic N) is 2. The third-order valence-electron chi connectivity index (χ3n) is 5.51. The van der Waals surface area contributed by atoms with Crippen molar-refractivity contribution in [1.29, 1.82) is 0 Å². The third-order valence-corrected chi connectivity index (χ3v) is 5.51. The van der Waals surface area contributed by atoms with E-state index in [1.807, 2.05) is 48.5 Å². The largest absolute Gasteiger partial charge is 0.448 e. The Kier molecular flexibility index (Phi) is 10.6. The number of carbonyl (C=O) groups is 2. The van der Waals surface area contributed by atoms with Gasteiger partial charge in [0, 0.05) is 55.8 Å². The van der Waals surface area contributed by atoms with Crippen molar-refractivity contribution in [2.75, 3.05) is 52.5 Å². The molecule has 1 heterocycles. The maximum atomic E-state index is 12.4. The first-order valence-electron chi connectivity index (χ1n) is 12.2. The van der Waals surface area contributed by atoms with Crippen molar-refractivity contribution in [2.24, 2.45) is 5.41 Å². The zero-order valence-corrected chi connectivity index (χ0v) is 22.9. The van der Waals surface area contributed by atoms with Crippen molar-refractivity contribution in [1.82, 2.24) is 20.4 Å². The molecule has 0 radical (unpaired) electrons. The lowest BCUT2D eigenvalue weighted by Crippen LogP contribution is -2.55. The Bertz CT molecular complexity index is 627. The van der Waals surface area contributed by atoms with Gasteiger partial charge in [0.2, 0.25) is 5.91 Å². The Balaban J connectivity index is 2.30. The average Bonchev–Trinajstić information content (AvgIpc) is 2.59. The van der Waals surface area contributed by atoms with Gasteiger partial charge in [0.25, 0.3) is 0 Å². The lowest BCUT2D eigenvalue weighted by Gasteiger charge is -2.37. The van der Waals surface area contributed by atoms with Gasteiger partial charge in [-0.3, -0.25) is 14.6 Å². The molecule has 194 valence electrons. The highest BCUT2D eigenvalue weighted by Gasteiger charge is 2.34. The molecule has 0 spiro atoms.